The highest BCUT2D eigenvalue weighted by Gasteiger charge is 2.23. The van der Waals surface area contributed by atoms with Crippen molar-refractivity contribution in [1.29, 1.82) is 10.8 Å². The SMILES string of the molecule is N=CC(C=N)c1ccc2c(ccn2CC2CCN(C(=O)Cc3ccccc3)CC2)c1. The Labute approximate surface area is 177 Å². The standard InChI is InChI=1S/C25H28N4O/c26-16-23(17-27)21-6-7-24-22(15-21)10-13-29(24)18-20-8-11-28(12-9-20)25(30)14-19-4-2-1-3-5-19/h1-7,10,13,15-17,20,23,26-27H,8-9,11-12,14,18H2. The molecule has 1 aliphatic rings. The minimum atomic E-state index is -0.254. The van der Waals surface area contributed by atoms with Crippen LogP contribution in [0.25, 0.3) is 10.9 Å². The van der Waals surface area contributed by atoms with Crippen molar-refractivity contribution in [3.8, 4) is 0 Å². The topological polar surface area (TPSA) is 72.9 Å². The number of benzene rings is 2. The Balaban J connectivity index is 1.36. The summed E-state index contributed by atoms with van der Waals surface area (Å²) < 4.78 is 2.30. The summed E-state index contributed by atoms with van der Waals surface area (Å²) in [6.07, 6.45) is 7.29. The predicted molar refractivity (Wildman–Crippen MR) is 122 cm³/mol. The molecule has 2 N–H and O–H groups in total. The lowest BCUT2D eigenvalue weighted by atomic mass is 9.96. The average Bonchev–Trinajstić information content (AvgIpc) is 3.18. The molecular formula is C25H28N4O. The summed E-state index contributed by atoms with van der Waals surface area (Å²) >= 11 is 0. The lowest BCUT2D eigenvalue weighted by molar-refractivity contribution is -0.131. The zero-order valence-electron chi connectivity index (χ0n) is 17.1. The van der Waals surface area contributed by atoms with Crippen molar-refractivity contribution in [2.24, 2.45) is 5.92 Å². The molecule has 0 spiro atoms. The van der Waals surface area contributed by atoms with Crippen molar-refractivity contribution < 1.29 is 4.79 Å². The maximum atomic E-state index is 12.6. The van der Waals surface area contributed by atoms with Crippen LogP contribution in [-0.2, 0) is 17.8 Å². The molecule has 1 aliphatic heterocycles. The van der Waals surface area contributed by atoms with Gasteiger partial charge in [-0.3, -0.25) is 4.79 Å². The summed E-state index contributed by atoms with van der Waals surface area (Å²) in [6, 6.07) is 18.3. The molecule has 5 nitrogen and oxygen atoms in total. The molecule has 5 heteroatoms. The highest BCUT2D eigenvalue weighted by Crippen LogP contribution is 2.25. The van der Waals surface area contributed by atoms with Crippen LogP contribution in [0.4, 0.5) is 0 Å². The number of piperidine rings is 1. The second-order valence-electron chi connectivity index (χ2n) is 8.13. The zero-order valence-corrected chi connectivity index (χ0v) is 17.1. The van der Waals surface area contributed by atoms with E-state index in [1.807, 2.05) is 41.3 Å². The summed E-state index contributed by atoms with van der Waals surface area (Å²) in [5.74, 6) is 0.540. The van der Waals surface area contributed by atoms with Gasteiger partial charge in [-0.15, -0.1) is 0 Å². The van der Waals surface area contributed by atoms with E-state index in [1.54, 1.807) is 0 Å². The van der Waals surface area contributed by atoms with Crippen molar-refractivity contribution in [2.45, 2.75) is 31.7 Å². The average molecular weight is 401 g/mol. The summed E-state index contributed by atoms with van der Waals surface area (Å²) in [7, 11) is 0. The van der Waals surface area contributed by atoms with Crippen LogP contribution >= 0.6 is 0 Å². The van der Waals surface area contributed by atoms with Gasteiger partial charge < -0.3 is 20.3 Å². The van der Waals surface area contributed by atoms with Gasteiger partial charge in [-0.1, -0.05) is 36.4 Å². The Hall–Kier alpha value is -3.21. The summed E-state index contributed by atoms with van der Waals surface area (Å²) in [6.45, 7) is 2.63. The van der Waals surface area contributed by atoms with E-state index < -0.39 is 0 Å². The number of rotatable bonds is 7. The van der Waals surface area contributed by atoms with Crippen LogP contribution in [-0.4, -0.2) is 40.9 Å². The molecule has 0 radical (unpaired) electrons. The van der Waals surface area contributed by atoms with E-state index in [4.69, 9.17) is 10.8 Å². The highest BCUT2D eigenvalue weighted by atomic mass is 16.2. The van der Waals surface area contributed by atoms with E-state index in [1.165, 1.54) is 17.9 Å². The first-order chi connectivity index (χ1) is 14.7. The third-order valence-electron chi connectivity index (χ3n) is 6.16. The third-order valence-corrected chi connectivity index (χ3v) is 6.16. The molecule has 30 heavy (non-hydrogen) atoms. The molecule has 0 bridgehead atoms. The Kier molecular flexibility index (Phi) is 6.07. The smallest absolute Gasteiger partial charge is 0.226 e. The van der Waals surface area contributed by atoms with Crippen LogP contribution in [0.5, 0.6) is 0 Å². The number of aromatic nitrogens is 1. The van der Waals surface area contributed by atoms with Gasteiger partial charge >= 0.3 is 0 Å². The normalized spacial score (nSPS) is 15.8. The first kappa shape index (κ1) is 20.1. The molecule has 3 aromatic rings. The largest absolute Gasteiger partial charge is 0.347 e. The second-order valence-corrected chi connectivity index (χ2v) is 8.13. The van der Waals surface area contributed by atoms with Gasteiger partial charge in [0.05, 0.1) is 12.3 Å². The fourth-order valence-electron chi connectivity index (χ4n) is 4.35. The van der Waals surface area contributed by atoms with E-state index >= 15 is 0 Å². The van der Waals surface area contributed by atoms with Gasteiger partial charge in [-0.2, -0.15) is 0 Å². The van der Waals surface area contributed by atoms with Crippen LogP contribution in [0.15, 0.2) is 60.8 Å². The molecule has 0 unspecified atom stereocenters. The van der Waals surface area contributed by atoms with Gasteiger partial charge in [0, 0.05) is 43.8 Å². The van der Waals surface area contributed by atoms with Gasteiger partial charge in [0.15, 0.2) is 0 Å². The third kappa shape index (κ3) is 4.35. The number of hydrogen-bond donors (Lipinski definition) is 2. The Morgan fingerprint density at radius 2 is 1.77 bits per heavy atom. The molecule has 0 aliphatic carbocycles. The number of amides is 1. The Morgan fingerprint density at radius 3 is 2.47 bits per heavy atom. The molecule has 1 saturated heterocycles. The molecule has 1 aromatic heterocycles. The number of nitrogens with zero attached hydrogens (tertiary/aromatic N) is 2. The van der Waals surface area contributed by atoms with Crippen LogP contribution in [0, 0.1) is 16.7 Å². The lowest BCUT2D eigenvalue weighted by Gasteiger charge is -2.32. The van der Waals surface area contributed by atoms with Crippen LogP contribution in [0.1, 0.15) is 29.9 Å². The molecule has 1 fully saturated rings. The number of carbonyl (C=O) groups is 1. The number of carbonyl (C=O) groups excluding carboxylic acids is 1. The highest BCUT2D eigenvalue weighted by molar-refractivity contribution is 5.90. The first-order valence-corrected chi connectivity index (χ1v) is 10.6. The molecule has 2 heterocycles. The van der Waals surface area contributed by atoms with Crippen molar-refractivity contribution in [3.05, 3.63) is 71.9 Å². The van der Waals surface area contributed by atoms with Crippen molar-refractivity contribution in [2.75, 3.05) is 13.1 Å². The molecule has 0 atom stereocenters. The summed E-state index contributed by atoms with van der Waals surface area (Å²) in [5, 5.41) is 16.1. The predicted octanol–water partition coefficient (Wildman–Crippen LogP) is 4.51. The van der Waals surface area contributed by atoms with Gasteiger partial charge in [0.2, 0.25) is 5.91 Å². The zero-order chi connectivity index (χ0) is 20.9. The van der Waals surface area contributed by atoms with E-state index in [9.17, 15) is 4.79 Å². The van der Waals surface area contributed by atoms with Gasteiger partial charge in [0.1, 0.15) is 0 Å². The van der Waals surface area contributed by atoms with Gasteiger partial charge in [-0.25, -0.2) is 0 Å². The molecule has 154 valence electrons. The van der Waals surface area contributed by atoms with Crippen LogP contribution in [0.3, 0.4) is 0 Å². The van der Waals surface area contributed by atoms with Crippen LogP contribution < -0.4 is 0 Å². The van der Waals surface area contributed by atoms with Gasteiger partial charge in [-0.05, 0) is 53.5 Å². The summed E-state index contributed by atoms with van der Waals surface area (Å²) in [5.41, 5.74) is 3.25. The fourth-order valence-corrected chi connectivity index (χ4v) is 4.35. The number of nitrogens with one attached hydrogen (secondary N) is 2. The number of fused-ring (bicyclic) bond motifs is 1. The maximum Gasteiger partial charge on any atom is 0.226 e. The molecular weight excluding hydrogens is 372 g/mol. The lowest BCUT2D eigenvalue weighted by Crippen LogP contribution is -2.40. The second kappa shape index (κ2) is 9.08. The minimum absolute atomic E-state index is 0.227. The van der Waals surface area contributed by atoms with Crippen molar-refractivity contribution in [3.63, 3.8) is 0 Å². The Morgan fingerprint density at radius 1 is 1.03 bits per heavy atom. The molecule has 2 aromatic carbocycles. The quantitative estimate of drug-likeness (QED) is 0.563. The summed E-state index contributed by atoms with van der Waals surface area (Å²) in [4.78, 5) is 14.6. The van der Waals surface area contributed by atoms with Gasteiger partial charge in [0.25, 0.3) is 0 Å². The van der Waals surface area contributed by atoms with E-state index in [2.05, 4.69) is 29.0 Å². The molecule has 1 amide bonds. The monoisotopic (exact) mass is 400 g/mol. The van der Waals surface area contributed by atoms with E-state index in [0.717, 1.165) is 49.0 Å². The maximum absolute atomic E-state index is 12.6. The minimum Gasteiger partial charge on any atom is -0.347 e. The number of likely N-dealkylation sites (tertiary alicyclic amines) is 1. The number of hydrogen-bond acceptors (Lipinski definition) is 3. The van der Waals surface area contributed by atoms with E-state index in [-0.39, 0.29) is 11.8 Å². The van der Waals surface area contributed by atoms with Crippen molar-refractivity contribution in [1.82, 2.24) is 9.47 Å². The van der Waals surface area contributed by atoms with Crippen LogP contribution in [0.2, 0.25) is 0 Å². The van der Waals surface area contributed by atoms with Crippen molar-refractivity contribution >= 4 is 29.2 Å². The van der Waals surface area contributed by atoms with E-state index in [0.29, 0.717) is 12.3 Å². The fraction of sp³-hybridized carbons (Fsp3) is 0.320. The molecule has 4 rings (SSSR count). The Bertz CT molecular complexity index is 1020. The molecule has 0 saturated carbocycles. The first-order valence-electron chi connectivity index (χ1n) is 10.6.